The first-order chi connectivity index (χ1) is 13.0. The number of hydrogen-bond acceptors (Lipinski definition) is 6. The Bertz CT molecular complexity index is 1130. The summed E-state index contributed by atoms with van der Waals surface area (Å²) in [6.45, 7) is 4.38. The van der Waals surface area contributed by atoms with Gasteiger partial charge in [-0.05, 0) is 31.5 Å². The minimum Gasteiger partial charge on any atom is -0.492 e. The van der Waals surface area contributed by atoms with E-state index in [-0.39, 0.29) is 17.9 Å². The molecule has 7 nitrogen and oxygen atoms in total. The van der Waals surface area contributed by atoms with Crippen LogP contribution in [0.3, 0.4) is 0 Å². The maximum absolute atomic E-state index is 12.3. The molecule has 0 fully saturated rings. The topological polar surface area (TPSA) is 96.4 Å². The zero-order valence-electron chi connectivity index (χ0n) is 15.0. The molecule has 0 unspecified atom stereocenters. The molecule has 0 saturated carbocycles. The molecule has 0 spiro atoms. The molecule has 0 saturated heterocycles. The summed E-state index contributed by atoms with van der Waals surface area (Å²) in [6, 6.07) is 7.58. The van der Waals surface area contributed by atoms with E-state index >= 15 is 0 Å². The molecule has 1 aromatic carbocycles. The third-order valence-corrected chi connectivity index (χ3v) is 5.63. The van der Waals surface area contributed by atoms with Crippen LogP contribution in [0.2, 0.25) is 0 Å². The Morgan fingerprint density at radius 1 is 1.37 bits per heavy atom. The van der Waals surface area contributed by atoms with Crippen molar-refractivity contribution in [2.75, 3.05) is 6.61 Å². The van der Waals surface area contributed by atoms with Crippen molar-refractivity contribution < 1.29 is 9.53 Å². The number of aromatic nitrogens is 2. The molecule has 8 heteroatoms. The number of nitrogens with zero attached hydrogens (tertiary/aromatic N) is 2. The highest BCUT2D eigenvalue weighted by molar-refractivity contribution is 7.18. The van der Waals surface area contributed by atoms with Crippen LogP contribution in [0.15, 0.2) is 34.2 Å². The van der Waals surface area contributed by atoms with Gasteiger partial charge in [-0.3, -0.25) is 9.59 Å². The van der Waals surface area contributed by atoms with Crippen LogP contribution in [0.4, 0.5) is 0 Å². The molecule has 0 radical (unpaired) electrons. The predicted octanol–water partition coefficient (Wildman–Crippen LogP) is 2.45. The van der Waals surface area contributed by atoms with Crippen molar-refractivity contribution in [1.29, 1.82) is 0 Å². The summed E-state index contributed by atoms with van der Waals surface area (Å²) in [7, 11) is 0. The molecule has 0 bridgehead atoms. The number of carbonyl (C=O) groups excluding carboxylic acids is 1. The van der Waals surface area contributed by atoms with E-state index in [0.717, 1.165) is 27.5 Å². The molecule has 2 N–H and O–H groups in total. The Morgan fingerprint density at radius 2 is 2.19 bits per heavy atom. The minimum atomic E-state index is -0.334. The molecule has 138 valence electrons. The van der Waals surface area contributed by atoms with Crippen molar-refractivity contribution >= 4 is 33.2 Å². The Hall–Kier alpha value is -3.00. The van der Waals surface area contributed by atoms with E-state index in [0.29, 0.717) is 29.1 Å². The number of benzene rings is 1. The van der Waals surface area contributed by atoms with Gasteiger partial charge in [0.1, 0.15) is 16.4 Å². The fourth-order valence-corrected chi connectivity index (χ4v) is 4.09. The Balaban J connectivity index is 1.52. The number of para-hydroxylation sites is 1. The summed E-state index contributed by atoms with van der Waals surface area (Å²) >= 11 is 1.46. The Morgan fingerprint density at radius 3 is 3.04 bits per heavy atom. The Labute approximate surface area is 159 Å². The summed E-state index contributed by atoms with van der Waals surface area (Å²) < 4.78 is 5.58. The van der Waals surface area contributed by atoms with Crippen LogP contribution in [0.25, 0.3) is 10.2 Å². The second-order valence-corrected chi connectivity index (χ2v) is 7.54. The molecule has 0 aliphatic carbocycles. The number of hydrogen-bond donors (Lipinski definition) is 2. The summed E-state index contributed by atoms with van der Waals surface area (Å²) in [4.78, 5) is 33.4. The molecule has 1 amide bonds. The molecule has 3 aromatic rings. The fraction of sp³-hybridized carbons (Fsp3) is 0.263. The van der Waals surface area contributed by atoms with E-state index < -0.39 is 0 Å². The minimum absolute atomic E-state index is 0.0455. The van der Waals surface area contributed by atoms with Crippen molar-refractivity contribution in [3.05, 3.63) is 56.4 Å². The molecule has 1 aliphatic rings. The SMILES string of the molecule is Cc1sc2nc(CC(=O)NN=C3CCOc4ccccc43)[nH]c(=O)c2c1C. The van der Waals surface area contributed by atoms with Crippen LogP contribution in [0.1, 0.15) is 28.2 Å². The second-order valence-electron chi connectivity index (χ2n) is 6.34. The van der Waals surface area contributed by atoms with Gasteiger partial charge in [0, 0.05) is 16.9 Å². The first kappa shape index (κ1) is 17.4. The van der Waals surface area contributed by atoms with E-state index in [2.05, 4.69) is 20.5 Å². The van der Waals surface area contributed by atoms with Crippen LogP contribution >= 0.6 is 11.3 Å². The van der Waals surface area contributed by atoms with Gasteiger partial charge in [0.2, 0.25) is 5.91 Å². The Kier molecular flexibility index (Phi) is 4.49. The van der Waals surface area contributed by atoms with Gasteiger partial charge in [-0.15, -0.1) is 11.3 Å². The normalized spacial score (nSPS) is 14.8. The molecule has 0 atom stereocenters. The summed E-state index contributed by atoms with van der Waals surface area (Å²) in [5, 5.41) is 4.84. The lowest BCUT2D eigenvalue weighted by molar-refractivity contribution is -0.120. The average molecular weight is 382 g/mol. The first-order valence-electron chi connectivity index (χ1n) is 8.59. The lowest BCUT2D eigenvalue weighted by Gasteiger charge is -2.18. The number of hydrazone groups is 1. The van der Waals surface area contributed by atoms with Crippen LogP contribution in [-0.2, 0) is 11.2 Å². The lowest BCUT2D eigenvalue weighted by Crippen LogP contribution is -2.26. The largest absolute Gasteiger partial charge is 0.492 e. The van der Waals surface area contributed by atoms with Crippen molar-refractivity contribution in [3.63, 3.8) is 0 Å². The van der Waals surface area contributed by atoms with Gasteiger partial charge in [0.05, 0.1) is 24.1 Å². The van der Waals surface area contributed by atoms with Crippen molar-refractivity contribution in [3.8, 4) is 5.75 Å². The van der Waals surface area contributed by atoms with Crippen molar-refractivity contribution in [2.24, 2.45) is 5.10 Å². The molecule has 27 heavy (non-hydrogen) atoms. The summed E-state index contributed by atoms with van der Waals surface area (Å²) in [6.07, 6.45) is 0.572. The number of H-pyrrole nitrogens is 1. The van der Waals surface area contributed by atoms with Crippen LogP contribution in [-0.4, -0.2) is 28.2 Å². The summed E-state index contributed by atoms with van der Waals surface area (Å²) in [5.41, 5.74) is 4.93. The molecule has 1 aliphatic heterocycles. The number of aryl methyl sites for hydroxylation is 2. The number of rotatable bonds is 3. The predicted molar refractivity (Wildman–Crippen MR) is 105 cm³/mol. The second kappa shape index (κ2) is 6.96. The quantitative estimate of drug-likeness (QED) is 0.680. The molecule has 4 rings (SSSR count). The number of fused-ring (bicyclic) bond motifs is 2. The number of carbonyl (C=O) groups is 1. The standard InChI is InChI=1S/C19H18N4O3S/c1-10-11(2)27-19-17(10)18(25)20-15(21-19)9-16(24)23-22-13-7-8-26-14-6-4-3-5-12(13)14/h3-6H,7-9H2,1-2H3,(H,23,24)(H,20,21,25). The van der Waals surface area contributed by atoms with Crippen LogP contribution in [0, 0.1) is 13.8 Å². The molecular formula is C19H18N4O3S. The van der Waals surface area contributed by atoms with E-state index in [1.54, 1.807) is 0 Å². The number of ether oxygens (including phenoxy) is 1. The molecular weight excluding hydrogens is 364 g/mol. The number of aromatic amines is 1. The molecule has 3 heterocycles. The maximum atomic E-state index is 12.3. The molecule has 2 aromatic heterocycles. The van der Waals surface area contributed by atoms with Crippen molar-refractivity contribution in [2.45, 2.75) is 26.7 Å². The number of thiophene rings is 1. The maximum Gasteiger partial charge on any atom is 0.259 e. The number of amides is 1. The van der Waals surface area contributed by atoms with Gasteiger partial charge >= 0.3 is 0 Å². The highest BCUT2D eigenvalue weighted by Crippen LogP contribution is 2.26. The van der Waals surface area contributed by atoms with E-state index in [4.69, 9.17) is 4.74 Å². The highest BCUT2D eigenvalue weighted by Gasteiger charge is 2.17. The highest BCUT2D eigenvalue weighted by atomic mass is 32.1. The lowest BCUT2D eigenvalue weighted by atomic mass is 10.0. The van der Waals surface area contributed by atoms with E-state index in [1.807, 2.05) is 38.1 Å². The third-order valence-electron chi connectivity index (χ3n) is 4.53. The van der Waals surface area contributed by atoms with Gasteiger partial charge in [0.25, 0.3) is 5.56 Å². The smallest absolute Gasteiger partial charge is 0.259 e. The van der Waals surface area contributed by atoms with Gasteiger partial charge in [0.15, 0.2) is 0 Å². The van der Waals surface area contributed by atoms with Gasteiger partial charge < -0.3 is 9.72 Å². The fourth-order valence-electron chi connectivity index (χ4n) is 3.04. The van der Waals surface area contributed by atoms with Crippen LogP contribution < -0.4 is 15.7 Å². The zero-order valence-corrected chi connectivity index (χ0v) is 15.8. The van der Waals surface area contributed by atoms with Crippen molar-refractivity contribution in [1.82, 2.24) is 15.4 Å². The van der Waals surface area contributed by atoms with E-state index in [1.165, 1.54) is 11.3 Å². The van der Waals surface area contributed by atoms with E-state index in [9.17, 15) is 9.59 Å². The zero-order chi connectivity index (χ0) is 19.0. The third kappa shape index (κ3) is 3.35. The van der Waals surface area contributed by atoms with Gasteiger partial charge in [-0.25, -0.2) is 10.4 Å². The summed E-state index contributed by atoms with van der Waals surface area (Å²) in [5.74, 6) is 0.759. The number of nitrogens with one attached hydrogen (secondary N) is 2. The van der Waals surface area contributed by atoms with Gasteiger partial charge in [-0.2, -0.15) is 5.10 Å². The first-order valence-corrected chi connectivity index (χ1v) is 9.41. The van der Waals surface area contributed by atoms with Gasteiger partial charge in [-0.1, -0.05) is 12.1 Å². The average Bonchev–Trinajstić information content (AvgIpc) is 2.94. The monoisotopic (exact) mass is 382 g/mol. The van der Waals surface area contributed by atoms with Crippen LogP contribution in [0.5, 0.6) is 5.75 Å².